The summed E-state index contributed by atoms with van der Waals surface area (Å²) in [6.07, 6.45) is 1.44. The lowest BCUT2D eigenvalue weighted by Crippen LogP contribution is -2.44. The number of alkyl halides is 1. The molecule has 0 saturated carbocycles. The third kappa shape index (κ3) is 4.95. The average molecular weight is 539 g/mol. The molecule has 1 aliphatic heterocycles. The Morgan fingerprint density at radius 1 is 1.16 bits per heavy atom. The summed E-state index contributed by atoms with van der Waals surface area (Å²) in [5.74, 6) is -2.51. The number of likely N-dealkylation sites (tertiary alicyclic amines) is 1. The van der Waals surface area contributed by atoms with Gasteiger partial charge in [-0.05, 0) is 29.8 Å². The highest BCUT2D eigenvalue weighted by molar-refractivity contribution is 6.31. The molecule has 14 heteroatoms. The number of anilines is 1. The number of amides is 3. The lowest BCUT2D eigenvalue weighted by Gasteiger charge is -2.23. The molecular formula is C24H20ClFN8O4. The van der Waals surface area contributed by atoms with Crippen LogP contribution < -0.4 is 11.1 Å². The van der Waals surface area contributed by atoms with Gasteiger partial charge in [0.05, 0.1) is 24.5 Å². The van der Waals surface area contributed by atoms with Gasteiger partial charge < -0.3 is 21.1 Å². The predicted molar refractivity (Wildman–Crippen MR) is 134 cm³/mol. The summed E-state index contributed by atoms with van der Waals surface area (Å²) in [5, 5.41) is 24.5. The predicted octanol–water partition coefficient (Wildman–Crippen LogP) is 1.92. The molecule has 0 radical (unpaired) electrons. The maximum atomic E-state index is 14.4. The van der Waals surface area contributed by atoms with E-state index in [0.717, 1.165) is 16.0 Å². The summed E-state index contributed by atoms with van der Waals surface area (Å²) < 4.78 is 15.7. The lowest BCUT2D eigenvalue weighted by molar-refractivity contribution is -0.137. The molecule has 4 N–H and O–H groups in total. The van der Waals surface area contributed by atoms with Crippen LogP contribution in [0.5, 0.6) is 5.88 Å². The minimum Gasteiger partial charge on any atom is -0.493 e. The molecule has 3 amide bonds. The van der Waals surface area contributed by atoms with Crippen LogP contribution in [0.25, 0.3) is 22.0 Å². The smallest absolute Gasteiger partial charge is 0.269 e. The summed E-state index contributed by atoms with van der Waals surface area (Å²) >= 11 is 5.88. The summed E-state index contributed by atoms with van der Waals surface area (Å²) in [7, 11) is 0. The van der Waals surface area contributed by atoms with Gasteiger partial charge in [-0.15, -0.1) is 0 Å². The van der Waals surface area contributed by atoms with Gasteiger partial charge in [-0.2, -0.15) is 20.3 Å². The normalized spacial score (nSPS) is 17.1. The first-order valence-electron chi connectivity index (χ1n) is 11.4. The number of fused-ring (bicyclic) bond motifs is 1. The third-order valence-electron chi connectivity index (χ3n) is 6.09. The van der Waals surface area contributed by atoms with Crippen molar-refractivity contribution < 1.29 is 23.9 Å². The minimum atomic E-state index is -1.43. The van der Waals surface area contributed by atoms with Crippen LogP contribution in [-0.4, -0.2) is 71.4 Å². The highest BCUT2D eigenvalue weighted by Gasteiger charge is 2.40. The largest absolute Gasteiger partial charge is 0.493 e. The number of halogens is 2. The van der Waals surface area contributed by atoms with Crippen LogP contribution in [0.15, 0.2) is 48.8 Å². The van der Waals surface area contributed by atoms with Crippen molar-refractivity contribution in [3.63, 3.8) is 0 Å². The molecule has 0 bridgehead atoms. The van der Waals surface area contributed by atoms with E-state index in [4.69, 9.17) is 17.3 Å². The molecule has 4 heterocycles. The highest BCUT2D eigenvalue weighted by Crippen LogP contribution is 2.28. The molecule has 2 unspecified atom stereocenters. The molecule has 194 valence electrons. The maximum absolute atomic E-state index is 14.4. The number of hydrogen-bond acceptors (Lipinski definition) is 8. The third-order valence-corrected chi connectivity index (χ3v) is 6.31. The Bertz CT molecular complexity index is 1540. The SMILES string of the molecule is NC(=O)c1nn(CC(=O)N2CC(F)CC2C(=O)Nc2cc(Cl)cc(O)n2)c2ccc(-c3ccnnc3)cc12. The molecule has 5 rings (SSSR count). The fourth-order valence-corrected chi connectivity index (χ4v) is 4.61. The van der Waals surface area contributed by atoms with Crippen LogP contribution in [0.1, 0.15) is 16.9 Å². The van der Waals surface area contributed by atoms with Crippen LogP contribution in [-0.2, 0) is 16.1 Å². The molecule has 1 fully saturated rings. The van der Waals surface area contributed by atoms with E-state index in [0.29, 0.717) is 10.9 Å². The van der Waals surface area contributed by atoms with Gasteiger partial charge in [-0.3, -0.25) is 19.1 Å². The molecule has 1 aliphatic rings. The summed E-state index contributed by atoms with van der Waals surface area (Å²) in [6.45, 7) is -0.668. The molecule has 3 aromatic heterocycles. The fourth-order valence-electron chi connectivity index (χ4n) is 4.41. The number of nitrogens with zero attached hydrogens (tertiary/aromatic N) is 6. The number of pyridine rings is 1. The maximum Gasteiger partial charge on any atom is 0.269 e. The van der Waals surface area contributed by atoms with Crippen molar-refractivity contribution in [1.82, 2.24) is 29.9 Å². The number of rotatable bonds is 6. The first kappa shape index (κ1) is 25.0. The monoisotopic (exact) mass is 538 g/mol. The summed E-state index contributed by atoms with van der Waals surface area (Å²) in [6, 6.07) is 8.26. The van der Waals surface area contributed by atoms with E-state index in [2.05, 4.69) is 25.6 Å². The van der Waals surface area contributed by atoms with Crippen LogP contribution in [0, 0.1) is 0 Å². The lowest BCUT2D eigenvalue weighted by atomic mass is 10.0. The number of benzene rings is 1. The number of nitrogens with two attached hydrogens (primary N) is 1. The standard InChI is InChI=1S/C24H20ClFN8O4/c25-14-6-19(30-20(35)7-14)31-24(38)18-8-15(26)10-33(18)21(36)11-34-17-2-1-12(13-3-4-28-29-9-13)5-16(17)22(32-34)23(27)37/h1-7,9,15,18H,8,10-11H2,(H2,27,37)(H2,30,31,35,38). The molecule has 2 atom stereocenters. The van der Waals surface area contributed by atoms with Gasteiger partial charge in [0, 0.05) is 28.5 Å². The van der Waals surface area contributed by atoms with Crippen molar-refractivity contribution in [2.75, 3.05) is 11.9 Å². The van der Waals surface area contributed by atoms with Gasteiger partial charge in [0.1, 0.15) is 24.6 Å². The number of hydrogen-bond donors (Lipinski definition) is 3. The van der Waals surface area contributed by atoms with Crippen molar-refractivity contribution >= 4 is 46.0 Å². The van der Waals surface area contributed by atoms with Crippen molar-refractivity contribution in [3.8, 4) is 17.0 Å². The van der Waals surface area contributed by atoms with Crippen molar-refractivity contribution in [2.45, 2.75) is 25.2 Å². The Morgan fingerprint density at radius 3 is 2.68 bits per heavy atom. The fraction of sp³-hybridized carbons (Fsp3) is 0.208. The van der Waals surface area contributed by atoms with E-state index >= 15 is 0 Å². The van der Waals surface area contributed by atoms with Crippen LogP contribution in [0.3, 0.4) is 0 Å². The number of aromatic nitrogens is 5. The average Bonchev–Trinajstić information content (AvgIpc) is 3.44. The second-order valence-corrected chi connectivity index (χ2v) is 9.08. The van der Waals surface area contributed by atoms with Gasteiger partial charge in [0.15, 0.2) is 5.69 Å². The number of nitrogens with one attached hydrogen (secondary N) is 1. The van der Waals surface area contributed by atoms with E-state index in [1.165, 1.54) is 23.0 Å². The van der Waals surface area contributed by atoms with Crippen LogP contribution in [0.4, 0.5) is 10.2 Å². The first-order chi connectivity index (χ1) is 18.2. The minimum absolute atomic E-state index is 0.0393. The molecule has 12 nitrogen and oxygen atoms in total. The number of carbonyl (C=O) groups excluding carboxylic acids is 3. The Labute approximate surface area is 219 Å². The topological polar surface area (TPSA) is 169 Å². The van der Waals surface area contributed by atoms with Gasteiger partial charge in [0.25, 0.3) is 5.91 Å². The van der Waals surface area contributed by atoms with Crippen LogP contribution in [0.2, 0.25) is 5.02 Å². The molecular weight excluding hydrogens is 519 g/mol. The van der Waals surface area contributed by atoms with E-state index in [1.807, 2.05) is 0 Å². The molecule has 1 aromatic carbocycles. The summed E-state index contributed by atoms with van der Waals surface area (Å²) in [4.78, 5) is 43.1. The zero-order chi connectivity index (χ0) is 27.0. The van der Waals surface area contributed by atoms with Gasteiger partial charge in [0.2, 0.25) is 17.7 Å². The van der Waals surface area contributed by atoms with E-state index in [-0.39, 0.29) is 36.0 Å². The second kappa shape index (κ2) is 10.0. The van der Waals surface area contributed by atoms with Crippen molar-refractivity contribution in [3.05, 3.63) is 59.5 Å². The van der Waals surface area contributed by atoms with Crippen LogP contribution >= 0.6 is 11.6 Å². The first-order valence-corrected chi connectivity index (χ1v) is 11.8. The van der Waals surface area contributed by atoms with E-state index in [1.54, 1.807) is 30.5 Å². The number of aromatic hydroxyl groups is 1. The zero-order valence-corrected chi connectivity index (χ0v) is 20.3. The molecule has 0 aliphatic carbocycles. The van der Waals surface area contributed by atoms with E-state index in [9.17, 15) is 23.9 Å². The Morgan fingerprint density at radius 2 is 1.97 bits per heavy atom. The second-order valence-electron chi connectivity index (χ2n) is 8.65. The quantitative estimate of drug-likeness (QED) is 0.334. The van der Waals surface area contributed by atoms with Gasteiger partial charge in [-0.1, -0.05) is 17.7 Å². The zero-order valence-electron chi connectivity index (χ0n) is 19.6. The van der Waals surface area contributed by atoms with Gasteiger partial charge >= 0.3 is 0 Å². The Balaban J connectivity index is 1.40. The molecule has 38 heavy (non-hydrogen) atoms. The molecule has 1 saturated heterocycles. The summed E-state index contributed by atoms with van der Waals surface area (Å²) in [5.41, 5.74) is 7.44. The van der Waals surface area contributed by atoms with Gasteiger partial charge in [-0.25, -0.2) is 4.39 Å². The molecule has 4 aromatic rings. The number of carbonyl (C=O) groups is 3. The number of primary amides is 1. The highest BCUT2D eigenvalue weighted by atomic mass is 35.5. The van der Waals surface area contributed by atoms with Crippen molar-refractivity contribution in [2.24, 2.45) is 5.73 Å². The van der Waals surface area contributed by atoms with Crippen molar-refractivity contribution in [1.29, 1.82) is 0 Å². The van der Waals surface area contributed by atoms with E-state index < -0.39 is 35.8 Å². The Hall–Kier alpha value is -4.65. The Kier molecular flexibility index (Phi) is 6.59. The molecule has 0 spiro atoms.